The van der Waals surface area contributed by atoms with Crippen molar-refractivity contribution in [1.29, 1.82) is 0 Å². The van der Waals surface area contributed by atoms with Gasteiger partial charge in [0.15, 0.2) is 0 Å². The molecule has 2 unspecified atom stereocenters. The lowest BCUT2D eigenvalue weighted by Crippen LogP contribution is -2.34. The summed E-state index contributed by atoms with van der Waals surface area (Å²) in [5.41, 5.74) is 1.04. The van der Waals surface area contributed by atoms with E-state index in [-0.39, 0.29) is 29.7 Å². The van der Waals surface area contributed by atoms with Gasteiger partial charge < -0.3 is 10.4 Å². The van der Waals surface area contributed by atoms with Crippen molar-refractivity contribution >= 4 is 23.5 Å². The minimum Gasteiger partial charge on any atom is -0.481 e. The Labute approximate surface area is 128 Å². The Kier molecular flexibility index (Phi) is 3.89. The summed E-state index contributed by atoms with van der Waals surface area (Å²) in [5.74, 6) is -0.846. The summed E-state index contributed by atoms with van der Waals surface area (Å²) in [6.07, 6.45) is 2.78. The van der Waals surface area contributed by atoms with E-state index < -0.39 is 5.97 Å². The number of halogens is 1. The quantitative estimate of drug-likeness (QED) is 0.899. The molecule has 5 heteroatoms. The Morgan fingerprint density at radius 1 is 1.19 bits per heavy atom. The summed E-state index contributed by atoms with van der Waals surface area (Å²) >= 11 is 6.16. The maximum absolute atomic E-state index is 12.2. The van der Waals surface area contributed by atoms with E-state index in [0.29, 0.717) is 17.9 Å². The van der Waals surface area contributed by atoms with Crippen molar-refractivity contribution in [2.45, 2.75) is 37.6 Å². The van der Waals surface area contributed by atoms with E-state index in [1.54, 1.807) is 0 Å². The molecule has 3 rings (SSSR count). The van der Waals surface area contributed by atoms with Crippen LogP contribution in [0.25, 0.3) is 0 Å². The van der Waals surface area contributed by atoms with Crippen LogP contribution in [0.1, 0.15) is 37.2 Å². The van der Waals surface area contributed by atoms with E-state index in [1.165, 1.54) is 0 Å². The van der Waals surface area contributed by atoms with E-state index in [2.05, 4.69) is 5.32 Å². The molecule has 0 saturated heterocycles. The molecular formula is C16H18ClNO3. The summed E-state index contributed by atoms with van der Waals surface area (Å²) in [4.78, 5) is 23.2. The van der Waals surface area contributed by atoms with Crippen molar-refractivity contribution in [3.05, 3.63) is 34.9 Å². The molecule has 4 nitrogen and oxygen atoms in total. The molecule has 2 aliphatic carbocycles. The smallest absolute Gasteiger partial charge is 0.306 e. The van der Waals surface area contributed by atoms with Gasteiger partial charge in [-0.15, -0.1) is 0 Å². The Bertz CT molecular complexity index is 574. The van der Waals surface area contributed by atoms with Crippen LogP contribution in [0.3, 0.4) is 0 Å². The van der Waals surface area contributed by atoms with Gasteiger partial charge in [-0.05, 0) is 43.2 Å². The molecular weight excluding hydrogens is 290 g/mol. The number of carbonyl (C=O) groups excluding carboxylic acids is 1. The maximum atomic E-state index is 12.2. The number of nitrogens with one attached hydrogen (secondary N) is 1. The van der Waals surface area contributed by atoms with Crippen LogP contribution < -0.4 is 5.32 Å². The van der Waals surface area contributed by atoms with Crippen LogP contribution in [0.4, 0.5) is 0 Å². The molecule has 4 atom stereocenters. The third-order valence-electron chi connectivity index (χ3n) is 4.56. The van der Waals surface area contributed by atoms with Crippen molar-refractivity contribution in [2.75, 3.05) is 0 Å². The van der Waals surface area contributed by atoms with Gasteiger partial charge in [0.2, 0.25) is 5.91 Å². The van der Waals surface area contributed by atoms with Gasteiger partial charge in [-0.3, -0.25) is 9.59 Å². The average molecular weight is 308 g/mol. The Hall–Kier alpha value is -1.55. The number of carbonyl (C=O) groups is 2. The van der Waals surface area contributed by atoms with Gasteiger partial charge in [-0.25, -0.2) is 0 Å². The average Bonchev–Trinajstić information content (AvgIpc) is 3.11. The molecule has 1 aromatic rings. The molecule has 0 bridgehead atoms. The minimum absolute atomic E-state index is 0.00564. The van der Waals surface area contributed by atoms with Crippen LogP contribution in [-0.4, -0.2) is 23.0 Å². The first-order valence-corrected chi connectivity index (χ1v) is 7.71. The summed E-state index contributed by atoms with van der Waals surface area (Å²) < 4.78 is 0. The topological polar surface area (TPSA) is 66.4 Å². The van der Waals surface area contributed by atoms with Crippen LogP contribution in [0.15, 0.2) is 24.3 Å². The minimum atomic E-state index is -0.757. The SMILES string of the molecule is O=C(N[C@H]1CC[C@@H](C(=O)O)C1)C1CC1c1ccccc1Cl. The standard InChI is InChI=1S/C16H18ClNO3/c17-14-4-2-1-3-11(14)12-8-13(12)15(19)18-10-6-5-9(7-10)16(20)21/h1-4,9-10,12-13H,5-8H2,(H,18,19)(H,20,21)/t9-,10+,12?,13?/m1/s1. The first-order chi connectivity index (χ1) is 10.1. The largest absolute Gasteiger partial charge is 0.481 e. The Morgan fingerprint density at radius 3 is 2.62 bits per heavy atom. The van der Waals surface area contributed by atoms with E-state index in [9.17, 15) is 9.59 Å². The van der Waals surface area contributed by atoms with Crippen LogP contribution in [0, 0.1) is 11.8 Å². The number of rotatable bonds is 4. The highest BCUT2D eigenvalue weighted by atomic mass is 35.5. The predicted octanol–water partition coefficient (Wildman–Crippen LogP) is 2.81. The molecule has 1 aromatic carbocycles. The monoisotopic (exact) mass is 307 g/mol. The zero-order chi connectivity index (χ0) is 15.0. The number of aliphatic carboxylic acids is 1. The number of hydrogen-bond acceptors (Lipinski definition) is 2. The third kappa shape index (κ3) is 3.05. The molecule has 112 valence electrons. The highest BCUT2D eigenvalue weighted by molar-refractivity contribution is 6.31. The second-order valence-corrected chi connectivity index (χ2v) is 6.43. The van der Waals surface area contributed by atoms with Crippen molar-refractivity contribution < 1.29 is 14.7 Å². The number of benzene rings is 1. The van der Waals surface area contributed by atoms with E-state index in [0.717, 1.165) is 18.4 Å². The van der Waals surface area contributed by atoms with Crippen LogP contribution in [-0.2, 0) is 9.59 Å². The van der Waals surface area contributed by atoms with Gasteiger partial charge in [-0.1, -0.05) is 29.8 Å². The van der Waals surface area contributed by atoms with Crippen LogP contribution in [0.2, 0.25) is 5.02 Å². The number of carboxylic acids is 1. The van der Waals surface area contributed by atoms with Gasteiger partial charge >= 0.3 is 5.97 Å². The van der Waals surface area contributed by atoms with E-state index in [4.69, 9.17) is 16.7 Å². The highest BCUT2D eigenvalue weighted by Gasteiger charge is 2.45. The molecule has 21 heavy (non-hydrogen) atoms. The Morgan fingerprint density at radius 2 is 1.95 bits per heavy atom. The van der Waals surface area contributed by atoms with Gasteiger partial charge in [0.1, 0.15) is 0 Å². The summed E-state index contributed by atoms with van der Waals surface area (Å²) in [5, 5.41) is 12.7. The lowest BCUT2D eigenvalue weighted by Gasteiger charge is -2.12. The highest BCUT2D eigenvalue weighted by Crippen LogP contribution is 2.49. The molecule has 0 heterocycles. The zero-order valence-corrected chi connectivity index (χ0v) is 12.3. The van der Waals surface area contributed by atoms with Crippen molar-refractivity contribution in [3.8, 4) is 0 Å². The Balaban J connectivity index is 1.54. The third-order valence-corrected chi connectivity index (χ3v) is 4.90. The molecule has 2 fully saturated rings. The van der Waals surface area contributed by atoms with Crippen molar-refractivity contribution in [1.82, 2.24) is 5.32 Å². The zero-order valence-electron chi connectivity index (χ0n) is 11.6. The fraction of sp³-hybridized carbons (Fsp3) is 0.500. The lowest BCUT2D eigenvalue weighted by atomic mass is 10.1. The van der Waals surface area contributed by atoms with Gasteiger partial charge in [0, 0.05) is 17.0 Å². The van der Waals surface area contributed by atoms with Crippen molar-refractivity contribution in [3.63, 3.8) is 0 Å². The van der Waals surface area contributed by atoms with Crippen LogP contribution >= 0.6 is 11.6 Å². The fourth-order valence-electron chi connectivity index (χ4n) is 3.25. The summed E-state index contributed by atoms with van der Waals surface area (Å²) in [7, 11) is 0. The normalized spacial score (nSPS) is 30.9. The fourth-order valence-corrected chi connectivity index (χ4v) is 3.53. The molecule has 1 amide bonds. The molecule has 2 aliphatic rings. The molecule has 0 aliphatic heterocycles. The summed E-state index contributed by atoms with van der Waals surface area (Å²) in [6, 6.07) is 7.64. The number of carboxylic acid groups (broad SMARTS) is 1. The van der Waals surface area contributed by atoms with Crippen LogP contribution in [0.5, 0.6) is 0 Å². The second kappa shape index (κ2) is 5.68. The second-order valence-electron chi connectivity index (χ2n) is 6.02. The molecule has 0 aromatic heterocycles. The van der Waals surface area contributed by atoms with Gasteiger partial charge in [0.05, 0.1) is 5.92 Å². The maximum Gasteiger partial charge on any atom is 0.306 e. The summed E-state index contributed by atoms with van der Waals surface area (Å²) in [6.45, 7) is 0. The molecule has 2 saturated carbocycles. The molecule has 0 spiro atoms. The van der Waals surface area contributed by atoms with Gasteiger partial charge in [-0.2, -0.15) is 0 Å². The first kappa shape index (κ1) is 14.4. The molecule has 0 radical (unpaired) electrons. The molecule has 2 N–H and O–H groups in total. The number of amides is 1. The van der Waals surface area contributed by atoms with E-state index >= 15 is 0 Å². The number of hydrogen-bond donors (Lipinski definition) is 2. The predicted molar refractivity (Wildman–Crippen MR) is 79.2 cm³/mol. The van der Waals surface area contributed by atoms with Gasteiger partial charge in [0.25, 0.3) is 0 Å². The van der Waals surface area contributed by atoms with E-state index in [1.807, 2.05) is 24.3 Å². The first-order valence-electron chi connectivity index (χ1n) is 7.34. The lowest BCUT2D eigenvalue weighted by molar-refractivity contribution is -0.141. The van der Waals surface area contributed by atoms with Crippen molar-refractivity contribution in [2.24, 2.45) is 11.8 Å².